The minimum atomic E-state index is -0.198. The first kappa shape index (κ1) is 16.0. The Labute approximate surface area is 151 Å². The van der Waals surface area contributed by atoms with Crippen LogP contribution in [0.1, 0.15) is 65.7 Å². The number of rotatable bonds is 1. The molecule has 25 heavy (non-hydrogen) atoms. The standard InChI is InChI=1S/C23H30O2/c1-14-12-16-13-17(25)4-5-18(16)19-6-7-21(3)22(15(2)24)8-10-23(21,11-9-22)20(14)19/h8,10,13-14,18-20H,4-7,9,11-12H2,1-3H3/t14-,18-,19+,20+,21+,22+,23?/m0/s1. The van der Waals surface area contributed by atoms with E-state index in [1.165, 1.54) is 24.8 Å². The van der Waals surface area contributed by atoms with Gasteiger partial charge in [0.25, 0.3) is 0 Å². The van der Waals surface area contributed by atoms with Crippen molar-refractivity contribution in [3.63, 3.8) is 0 Å². The summed E-state index contributed by atoms with van der Waals surface area (Å²) in [6.07, 6.45) is 14.4. The van der Waals surface area contributed by atoms with Crippen molar-refractivity contribution in [2.75, 3.05) is 0 Å². The second kappa shape index (κ2) is 4.75. The molecule has 5 aliphatic rings. The average Bonchev–Trinajstić information content (AvgIpc) is 2.99. The third-order valence-electron chi connectivity index (χ3n) is 9.48. The number of fused-ring (bicyclic) bond motifs is 3. The third kappa shape index (κ3) is 1.63. The van der Waals surface area contributed by atoms with Gasteiger partial charge in [-0.2, -0.15) is 0 Å². The summed E-state index contributed by atoms with van der Waals surface area (Å²) in [7, 11) is 0. The fourth-order valence-electron chi connectivity index (χ4n) is 8.45. The smallest absolute Gasteiger partial charge is 0.155 e. The molecule has 134 valence electrons. The highest BCUT2D eigenvalue weighted by Crippen LogP contribution is 2.78. The Morgan fingerprint density at radius 2 is 1.96 bits per heavy atom. The first-order valence-electron chi connectivity index (χ1n) is 10.3. The molecule has 0 aromatic heterocycles. The van der Waals surface area contributed by atoms with E-state index >= 15 is 0 Å². The number of carbonyl (C=O) groups is 2. The van der Waals surface area contributed by atoms with Crippen molar-refractivity contribution in [3.05, 3.63) is 23.8 Å². The van der Waals surface area contributed by atoms with E-state index in [1.54, 1.807) is 0 Å². The van der Waals surface area contributed by atoms with Crippen molar-refractivity contribution >= 4 is 11.6 Å². The van der Waals surface area contributed by atoms with Gasteiger partial charge >= 0.3 is 0 Å². The minimum Gasteiger partial charge on any atom is -0.299 e. The highest BCUT2D eigenvalue weighted by Gasteiger charge is 2.73. The lowest BCUT2D eigenvalue weighted by Gasteiger charge is -2.61. The van der Waals surface area contributed by atoms with Crippen LogP contribution in [0.25, 0.3) is 0 Å². The van der Waals surface area contributed by atoms with Crippen molar-refractivity contribution in [1.29, 1.82) is 0 Å². The molecule has 3 saturated carbocycles. The summed E-state index contributed by atoms with van der Waals surface area (Å²) in [6, 6.07) is 0. The molecular weight excluding hydrogens is 308 g/mol. The van der Waals surface area contributed by atoms with E-state index in [0.717, 1.165) is 25.7 Å². The molecule has 0 aromatic rings. The van der Waals surface area contributed by atoms with Crippen molar-refractivity contribution < 1.29 is 9.59 Å². The van der Waals surface area contributed by atoms with Gasteiger partial charge in [0.05, 0.1) is 5.41 Å². The molecule has 0 radical (unpaired) electrons. The quantitative estimate of drug-likeness (QED) is 0.638. The molecule has 5 rings (SSSR count). The summed E-state index contributed by atoms with van der Waals surface area (Å²) in [4.78, 5) is 24.6. The van der Waals surface area contributed by atoms with Crippen molar-refractivity contribution in [2.45, 2.75) is 65.7 Å². The number of allylic oxidation sites excluding steroid dienone is 3. The number of hydrogen-bond donors (Lipinski definition) is 0. The first-order chi connectivity index (χ1) is 11.8. The molecule has 3 fully saturated rings. The van der Waals surface area contributed by atoms with Crippen molar-refractivity contribution in [1.82, 2.24) is 0 Å². The van der Waals surface area contributed by atoms with Crippen LogP contribution >= 0.6 is 0 Å². The lowest BCUT2D eigenvalue weighted by Crippen LogP contribution is -2.56. The maximum atomic E-state index is 12.7. The molecule has 2 heteroatoms. The van der Waals surface area contributed by atoms with Crippen molar-refractivity contribution in [2.24, 2.45) is 39.9 Å². The summed E-state index contributed by atoms with van der Waals surface area (Å²) < 4.78 is 0. The Hall–Kier alpha value is -1.18. The third-order valence-corrected chi connectivity index (χ3v) is 9.48. The summed E-state index contributed by atoms with van der Waals surface area (Å²) >= 11 is 0. The SMILES string of the molecule is CC(=O)[C@@]12C=CC3(CC1)[C@H]1[C@H](CC[C@@]32C)[C@H]2CCC(=O)C=C2C[C@@H]1C. The topological polar surface area (TPSA) is 34.1 Å². The van der Waals surface area contributed by atoms with Crippen LogP contribution in [0.3, 0.4) is 0 Å². The van der Waals surface area contributed by atoms with Gasteiger partial charge in [-0.1, -0.05) is 31.6 Å². The Bertz CT molecular complexity index is 730. The summed E-state index contributed by atoms with van der Waals surface area (Å²) in [5.41, 5.74) is 1.58. The second-order valence-corrected chi connectivity index (χ2v) is 9.97. The van der Waals surface area contributed by atoms with Gasteiger partial charge in [-0.05, 0) is 86.0 Å². The normalized spacial score (nSPS) is 53.1. The molecule has 2 bridgehead atoms. The van der Waals surface area contributed by atoms with Crippen LogP contribution in [0.5, 0.6) is 0 Å². The maximum Gasteiger partial charge on any atom is 0.155 e. The highest BCUT2D eigenvalue weighted by atomic mass is 16.1. The molecule has 0 aromatic carbocycles. The Morgan fingerprint density at radius 1 is 1.16 bits per heavy atom. The summed E-state index contributed by atoms with van der Waals surface area (Å²) in [6.45, 7) is 6.66. The van der Waals surface area contributed by atoms with Gasteiger partial charge in [-0.15, -0.1) is 0 Å². The van der Waals surface area contributed by atoms with Gasteiger partial charge in [0.15, 0.2) is 5.78 Å². The van der Waals surface area contributed by atoms with Crippen LogP contribution in [-0.4, -0.2) is 11.6 Å². The molecule has 5 aliphatic carbocycles. The molecule has 0 spiro atoms. The molecule has 0 saturated heterocycles. The van der Waals surface area contributed by atoms with E-state index in [1.807, 2.05) is 13.0 Å². The van der Waals surface area contributed by atoms with Crippen LogP contribution in [-0.2, 0) is 9.59 Å². The van der Waals surface area contributed by atoms with Crippen LogP contribution in [0.2, 0.25) is 0 Å². The lowest BCUT2D eigenvalue weighted by molar-refractivity contribution is -0.139. The Morgan fingerprint density at radius 3 is 2.64 bits per heavy atom. The average molecular weight is 338 g/mol. The molecule has 0 heterocycles. The van der Waals surface area contributed by atoms with Crippen LogP contribution < -0.4 is 0 Å². The monoisotopic (exact) mass is 338 g/mol. The van der Waals surface area contributed by atoms with Crippen LogP contribution in [0.4, 0.5) is 0 Å². The zero-order valence-corrected chi connectivity index (χ0v) is 15.8. The van der Waals surface area contributed by atoms with Crippen LogP contribution in [0.15, 0.2) is 23.8 Å². The maximum absolute atomic E-state index is 12.7. The molecule has 0 aliphatic heterocycles. The van der Waals surface area contributed by atoms with Gasteiger partial charge < -0.3 is 0 Å². The minimum absolute atomic E-state index is 0.118. The van der Waals surface area contributed by atoms with E-state index in [2.05, 4.69) is 26.0 Å². The van der Waals surface area contributed by atoms with E-state index in [0.29, 0.717) is 35.2 Å². The molecular formula is C23H30O2. The largest absolute Gasteiger partial charge is 0.299 e. The first-order valence-corrected chi connectivity index (χ1v) is 10.3. The predicted molar refractivity (Wildman–Crippen MR) is 97.8 cm³/mol. The van der Waals surface area contributed by atoms with Crippen molar-refractivity contribution in [3.8, 4) is 0 Å². The predicted octanol–water partition coefficient (Wildman–Crippen LogP) is 4.89. The lowest BCUT2D eigenvalue weighted by atomic mass is 9.43. The van der Waals surface area contributed by atoms with E-state index < -0.39 is 0 Å². The number of carbonyl (C=O) groups excluding carboxylic acids is 2. The molecule has 1 unspecified atom stereocenters. The zero-order valence-electron chi connectivity index (χ0n) is 15.8. The van der Waals surface area contributed by atoms with E-state index in [9.17, 15) is 9.59 Å². The molecule has 7 atom stereocenters. The van der Waals surface area contributed by atoms with Gasteiger partial charge in [0.2, 0.25) is 0 Å². The zero-order chi connectivity index (χ0) is 17.6. The number of hydrogen-bond acceptors (Lipinski definition) is 2. The van der Waals surface area contributed by atoms with Gasteiger partial charge in [-0.3, -0.25) is 9.59 Å². The fourth-order valence-corrected chi connectivity index (χ4v) is 8.45. The van der Waals surface area contributed by atoms with Gasteiger partial charge in [0.1, 0.15) is 5.78 Å². The number of Topliss-reactive ketones (excluding diaryl/α,β-unsaturated/α-hetero) is 1. The number of ketones is 2. The molecule has 2 nitrogen and oxygen atoms in total. The van der Waals surface area contributed by atoms with E-state index in [4.69, 9.17) is 0 Å². The Kier molecular flexibility index (Phi) is 3.05. The fraction of sp³-hybridized carbons (Fsp3) is 0.739. The molecule has 0 amide bonds. The molecule has 0 N–H and O–H groups in total. The highest BCUT2D eigenvalue weighted by molar-refractivity contribution is 5.91. The summed E-state index contributed by atoms with van der Waals surface area (Å²) in [5.74, 6) is 3.36. The Balaban J connectivity index is 1.61. The second-order valence-electron chi connectivity index (χ2n) is 9.97. The van der Waals surface area contributed by atoms with Gasteiger partial charge in [-0.25, -0.2) is 0 Å². The summed E-state index contributed by atoms with van der Waals surface area (Å²) in [5, 5.41) is 0. The van der Waals surface area contributed by atoms with E-state index in [-0.39, 0.29) is 16.2 Å². The van der Waals surface area contributed by atoms with Crippen LogP contribution in [0, 0.1) is 39.9 Å². The van der Waals surface area contributed by atoms with Gasteiger partial charge in [0, 0.05) is 6.42 Å².